The quantitative estimate of drug-likeness (QED) is 0.134. The number of hydrogen-bond acceptors (Lipinski definition) is 7. The van der Waals surface area contributed by atoms with Gasteiger partial charge in [0.15, 0.2) is 11.5 Å². The van der Waals surface area contributed by atoms with Crippen molar-refractivity contribution in [3.05, 3.63) is 59.4 Å². The second-order valence-corrected chi connectivity index (χ2v) is 8.18. The molecule has 4 rings (SSSR count). The molecule has 2 aromatic heterocycles. The van der Waals surface area contributed by atoms with Gasteiger partial charge >= 0.3 is 0 Å². The summed E-state index contributed by atoms with van der Waals surface area (Å²) < 4.78 is 24.6. The number of carbonyl (C=O) groups is 1. The lowest BCUT2D eigenvalue weighted by Gasteiger charge is -2.12. The number of rotatable bonds is 8. The van der Waals surface area contributed by atoms with Gasteiger partial charge in [-0.2, -0.15) is 0 Å². The van der Waals surface area contributed by atoms with Gasteiger partial charge in [-0.3, -0.25) is 0 Å². The van der Waals surface area contributed by atoms with Crippen molar-refractivity contribution in [2.75, 3.05) is 20.8 Å². The zero-order chi connectivity index (χ0) is 28.5. The van der Waals surface area contributed by atoms with Crippen LogP contribution in [-0.2, 0) is 4.79 Å². The molecule has 2 aromatic carbocycles. The van der Waals surface area contributed by atoms with E-state index in [2.05, 4.69) is 15.0 Å². The molecule has 4 aromatic rings. The first-order valence-corrected chi connectivity index (χ1v) is 12.8. The summed E-state index contributed by atoms with van der Waals surface area (Å²) in [6.45, 7) is 10.2. The summed E-state index contributed by atoms with van der Waals surface area (Å²) in [7, 11) is 3.05. The Bertz CT molecular complexity index is 1260. The van der Waals surface area contributed by atoms with Gasteiger partial charge in [-0.25, -0.2) is 19.8 Å². The van der Waals surface area contributed by atoms with Crippen molar-refractivity contribution in [1.29, 1.82) is 0 Å². The maximum Gasteiger partial charge on any atom is 0.163 e. The molecule has 8 nitrogen and oxygen atoms in total. The van der Waals surface area contributed by atoms with Crippen LogP contribution in [0.2, 0.25) is 0 Å². The first-order valence-electron chi connectivity index (χ1n) is 12.8. The third kappa shape index (κ3) is 9.72. The van der Waals surface area contributed by atoms with E-state index in [1.165, 1.54) is 7.05 Å². The third-order valence-corrected chi connectivity index (χ3v) is 5.41. The predicted octanol–water partition coefficient (Wildman–Crippen LogP) is 6.63. The van der Waals surface area contributed by atoms with E-state index < -0.39 is 0 Å². The number of hydrogen-bond donors (Lipinski definition) is 3. The fraction of sp³-hybridized carbons (Fsp3) is 0.414. The number of halogens is 1. The monoisotopic (exact) mass is 528 g/mol. The zero-order valence-corrected chi connectivity index (χ0v) is 23.5. The molecule has 0 atom stereocenters. The van der Waals surface area contributed by atoms with Crippen molar-refractivity contribution in [1.82, 2.24) is 20.4 Å². The number of ether oxygens (including phenoxy) is 2. The summed E-state index contributed by atoms with van der Waals surface area (Å²) >= 11 is 0. The molecule has 0 spiro atoms. The Kier molecular flexibility index (Phi) is 15.2. The highest BCUT2D eigenvalue weighted by molar-refractivity contribution is 5.84. The lowest BCUT2D eigenvalue weighted by atomic mass is 10.1. The molecule has 0 radical (unpaired) electrons. The maximum atomic E-state index is 13.4. The fourth-order valence-electron chi connectivity index (χ4n) is 3.57. The van der Waals surface area contributed by atoms with Crippen LogP contribution in [0.4, 0.5) is 4.39 Å². The van der Waals surface area contributed by atoms with E-state index >= 15 is 0 Å². The van der Waals surface area contributed by atoms with Crippen molar-refractivity contribution < 1.29 is 23.9 Å². The largest absolute Gasteiger partial charge is 0.493 e. The molecule has 0 aliphatic carbocycles. The van der Waals surface area contributed by atoms with Gasteiger partial charge in [-0.1, -0.05) is 19.9 Å². The van der Waals surface area contributed by atoms with E-state index in [9.17, 15) is 9.18 Å². The van der Waals surface area contributed by atoms with Crippen molar-refractivity contribution in [2.45, 2.75) is 60.3 Å². The Balaban J connectivity index is 0.000000357. The SMILES string of the molecule is CC.CNO.COc1cc2c(C)ncnc2cc1OCCCCCC=O.Cc1cc2c(F)c(C)ccc2[nH]1. The Hall–Kier alpha value is -3.56. The van der Waals surface area contributed by atoms with Crippen LogP contribution in [0.1, 0.15) is 56.5 Å². The number of carbonyl (C=O) groups excluding carboxylic acids is 1. The van der Waals surface area contributed by atoms with Gasteiger partial charge in [0, 0.05) is 47.2 Å². The molecule has 0 bridgehead atoms. The topological polar surface area (TPSA) is 109 Å². The van der Waals surface area contributed by atoms with E-state index in [0.717, 1.165) is 53.4 Å². The molecule has 9 heteroatoms. The summed E-state index contributed by atoms with van der Waals surface area (Å²) in [4.78, 5) is 21.8. The molecule has 0 saturated carbocycles. The summed E-state index contributed by atoms with van der Waals surface area (Å²) in [5, 5.41) is 8.97. The van der Waals surface area contributed by atoms with Crippen LogP contribution in [-0.4, -0.2) is 47.2 Å². The van der Waals surface area contributed by atoms with Crippen LogP contribution in [0.3, 0.4) is 0 Å². The fourth-order valence-corrected chi connectivity index (χ4v) is 3.57. The molecule has 38 heavy (non-hydrogen) atoms. The number of unbranched alkanes of at least 4 members (excludes halogenated alkanes) is 3. The lowest BCUT2D eigenvalue weighted by molar-refractivity contribution is -0.107. The summed E-state index contributed by atoms with van der Waals surface area (Å²) in [5.41, 5.74) is 6.07. The molecule has 0 aliphatic heterocycles. The first kappa shape index (κ1) is 32.5. The molecular formula is C29H41FN4O4. The van der Waals surface area contributed by atoms with E-state index in [4.69, 9.17) is 14.7 Å². The maximum absolute atomic E-state index is 13.4. The number of H-pyrrole nitrogens is 1. The summed E-state index contributed by atoms with van der Waals surface area (Å²) in [6.07, 6.45) is 5.93. The normalized spacial score (nSPS) is 9.92. The highest BCUT2D eigenvalue weighted by Crippen LogP contribution is 2.32. The van der Waals surface area contributed by atoms with Crippen LogP contribution >= 0.6 is 0 Å². The molecule has 0 saturated heterocycles. The molecule has 0 aliphatic rings. The Morgan fingerprint density at radius 2 is 1.74 bits per heavy atom. The lowest BCUT2D eigenvalue weighted by Crippen LogP contribution is -2.00. The number of nitrogens with one attached hydrogen (secondary N) is 2. The summed E-state index contributed by atoms with van der Waals surface area (Å²) in [5.74, 6) is 1.27. The van der Waals surface area contributed by atoms with Crippen molar-refractivity contribution in [3.8, 4) is 11.5 Å². The first-order chi connectivity index (χ1) is 18.4. The molecule has 3 N–H and O–H groups in total. The number of aromatic amines is 1. The molecular weight excluding hydrogens is 487 g/mol. The number of aldehydes is 1. The van der Waals surface area contributed by atoms with Gasteiger partial charge in [0.25, 0.3) is 0 Å². The van der Waals surface area contributed by atoms with Crippen LogP contribution < -0.4 is 15.0 Å². The smallest absolute Gasteiger partial charge is 0.163 e. The molecule has 2 heterocycles. The van der Waals surface area contributed by atoms with E-state index in [-0.39, 0.29) is 5.82 Å². The average Bonchev–Trinajstić information content (AvgIpc) is 3.31. The van der Waals surface area contributed by atoms with Gasteiger partial charge in [-0.15, -0.1) is 0 Å². The van der Waals surface area contributed by atoms with Gasteiger partial charge in [-0.05, 0) is 63.8 Å². The number of benzene rings is 2. The van der Waals surface area contributed by atoms with Gasteiger partial charge < -0.3 is 24.5 Å². The van der Waals surface area contributed by atoms with Crippen molar-refractivity contribution in [3.63, 3.8) is 0 Å². The summed E-state index contributed by atoms with van der Waals surface area (Å²) in [6, 6.07) is 9.31. The average molecular weight is 529 g/mol. The Morgan fingerprint density at radius 1 is 1.03 bits per heavy atom. The van der Waals surface area contributed by atoms with E-state index in [0.29, 0.717) is 35.5 Å². The standard InChI is InChI=1S/C16H20N2O3.C10H10FN.C2H6.CH5NO/c1-12-13-9-15(20-2)16(10-14(13)18-11-17-12)21-8-6-4-3-5-7-19;1-6-3-4-9-8(10(6)11)5-7(2)12-9;1-2;1-2-3/h7,9-11H,3-6,8H2,1-2H3;3-5,12H,1-2H3;1-2H3;2-3H,1H3. The van der Waals surface area contributed by atoms with E-state index in [1.807, 2.05) is 52.0 Å². The second-order valence-electron chi connectivity index (χ2n) is 8.18. The van der Waals surface area contributed by atoms with Gasteiger partial charge in [0.05, 0.1) is 19.2 Å². The number of aromatic nitrogens is 3. The van der Waals surface area contributed by atoms with E-state index in [1.54, 1.807) is 31.9 Å². The minimum atomic E-state index is -0.114. The van der Waals surface area contributed by atoms with Crippen molar-refractivity contribution in [2.24, 2.45) is 0 Å². The minimum Gasteiger partial charge on any atom is -0.493 e. The third-order valence-electron chi connectivity index (χ3n) is 5.41. The predicted molar refractivity (Wildman–Crippen MR) is 151 cm³/mol. The Labute approximate surface area is 224 Å². The second kappa shape index (κ2) is 17.8. The van der Waals surface area contributed by atoms with Crippen LogP contribution in [0, 0.1) is 26.6 Å². The highest BCUT2D eigenvalue weighted by atomic mass is 19.1. The van der Waals surface area contributed by atoms with Crippen LogP contribution in [0.5, 0.6) is 11.5 Å². The molecule has 0 fully saturated rings. The number of fused-ring (bicyclic) bond motifs is 2. The number of methoxy groups -OCH3 is 1. The molecule has 0 amide bonds. The van der Waals surface area contributed by atoms with Gasteiger partial charge in [0.2, 0.25) is 0 Å². The van der Waals surface area contributed by atoms with Crippen molar-refractivity contribution >= 4 is 28.1 Å². The zero-order valence-electron chi connectivity index (χ0n) is 23.5. The number of hydroxylamine groups is 1. The van der Waals surface area contributed by atoms with Gasteiger partial charge in [0.1, 0.15) is 18.4 Å². The van der Waals surface area contributed by atoms with Crippen LogP contribution in [0.15, 0.2) is 36.7 Å². The van der Waals surface area contributed by atoms with Crippen LogP contribution in [0.25, 0.3) is 21.8 Å². The number of aryl methyl sites for hydroxylation is 3. The molecule has 0 unspecified atom stereocenters. The Morgan fingerprint density at radius 3 is 2.39 bits per heavy atom. The number of nitrogens with zero attached hydrogens (tertiary/aromatic N) is 2. The minimum absolute atomic E-state index is 0.114. The highest BCUT2D eigenvalue weighted by Gasteiger charge is 2.09. The molecule has 208 valence electrons.